The van der Waals surface area contributed by atoms with Crippen molar-refractivity contribution in [1.29, 1.82) is 0 Å². The number of nitrogens with zero attached hydrogens (tertiary/aromatic N) is 2. The second-order valence-corrected chi connectivity index (χ2v) is 4.01. The number of halogens is 1. The Morgan fingerprint density at radius 3 is 2.69 bits per heavy atom. The van der Waals surface area contributed by atoms with E-state index in [1.54, 1.807) is 6.33 Å². The Kier molecular flexibility index (Phi) is 4.50. The number of benzene rings is 1. The molecule has 0 aliphatic rings. The lowest BCUT2D eigenvalue weighted by atomic mass is 10.2. The maximum Gasteiger partial charge on any atom is 0.137 e. The van der Waals surface area contributed by atoms with Gasteiger partial charge in [0.2, 0.25) is 0 Å². The Bertz CT molecular complexity index is 451. The number of rotatable bonds is 3. The molecule has 0 radical (unpaired) electrons. The SMILES string of the molecule is CC(C)CNc1ncnc2ccccc12.[Cl-]. The van der Waals surface area contributed by atoms with E-state index in [0.717, 1.165) is 23.3 Å². The van der Waals surface area contributed by atoms with Gasteiger partial charge in [0.1, 0.15) is 12.1 Å². The first-order valence-electron chi connectivity index (χ1n) is 5.21. The van der Waals surface area contributed by atoms with Crippen LogP contribution in [0.2, 0.25) is 0 Å². The second kappa shape index (κ2) is 5.66. The molecular weight excluding hydrogens is 222 g/mol. The van der Waals surface area contributed by atoms with Gasteiger partial charge in [-0.05, 0) is 18.1 Å². The van der Waals surface area contributed by atoms with Crippen LogP contribution < -0.4 is 17.7 Å². The minimum absolute atomic E-state index is 0. The molecule has 1 N–H and O–H groups in total. The Morgan fingerprint density at radius 2 is 1.94 bits per heavy atom. The zero-order chi connectivity index (χ0) is 10.7. The summed E-state index contributed by atoms with van der Waals surface area (Å²) in [6.45, 7) is 5.29. The molecule has 0 unspecified atom stereocenters. The minimum Gasteiger partial charge on any atom is -1.00 e. The van der Waals surface area contributed by atoms with Gasteiger partial charge in [-0.1, -0.05) is 26.0 Å². The van der Waals surface area contributed by atoms with Crippen molar-refractivity contribution in [2.75, 3.05) is 11.9 Å². The lowest BCUT2D eigenvalue weighted by Gasteiger charge is -2.09. The molecule has 0 amide bonds. The second-order valence-electron chi connectivity index (χ2n) is 4.01. The van der Waals surface area contributed by atoms with Gasteiger partial charge in [0.25, 0.3) is 0 Å². The van der Waals surface area contributed by atoms with Crippen LogP contribution in [0.15, 0.2) is 30.6 Å². The van der Waals surface area contributed by atoms with Gasteiger partial charge in [0.15, 0.2) is 0 Å². The number of hydrogen-bond acceptors (Lipinski definition) is 3. The van der Waals surface area contributed by atoms with E-state index >= 15 is 0 Å². The summed E-state index contributed by atoms with van der Waals surface area (Å²) in [5, 5.41) is 4.42. The largest absolute Gasteiger partial charge is 1.00 e. The topological polar surface area (TPSA) is 37.8 Å². The fraction of sp³-hybridized carbons (Fsp3) is 0.333. The molecule has 0 bridgehead atoms. The average molecular weight is 237 g/mol. The van der Waals surface area contributed by atoms with Crippen LogP contribution in [0.5, 0.6) is 0 Å². The minimum atomic E-state index is 0. The molecule has 0 aliphatic heterocycles. The van der Waals surface area contributed by atoms with Crippen LogP contribution in [0.1, 0.15) is 13.8 Å². The van der Waals surface area contributed by atoms with Crippen LogP contribution in [0, 0.1) is 5.92 Å². The molecule has 1 heterocycles. The van der Waals surface area contributed by atoms with Crippen molar-refractivity contribution in [3.05, 3.63) is 30.6 Å². The third kappa shape index (κ3) is 2.83. The molecule has 0 spiro atoms. The highest BCUT2D eigenvalue weighted by atomic mass is 35.5. The van der Waals surface area contributed by atoms with E-state index in [2.05, 4.69) is 29.1 Å². The summed E-state index contributed by atoms with van der Waals surface area (Å²) in [6, 6.07) is 8.03. The zero-order valence-electron chi connectivity index (χ0n) is 9.44. The predicted molar refractivity (Wildman–Crippen MR) is 62.9 cm³/mol. The molecule has 0 saturated heterocycles. The quantitative estimate of drug-likeness (QED) is 0.796. The number of nitrogens with one attached hydrogen (secondary N) is 1. The molecule has 2 aromatic rings. The maximum atomic E-state index is 4.26. The molecule has 1 aromatic carbocycles. The van der Waals surface area contributed by atoms with Gasteiger partial charge in [-0.15, -0.1) is 0 Å². The number of fused-ring (bicyclic) bond motifs is 1. The van der Waals surface area contributed by atoms with Gasteiger partial charge in [-0.25, -0.2) is 9.97 Å². The molecule has 0 fully saturated rings. The third-order valence-corrected chi connectivity index (χ3v) is 2.22. The van der Waals surface area contributed by atoms with Gasteiger partial charge in [0.05, 0.1) is 5.52 Å². The van der Waals surface area contributed by atoms with Crippen molar-refractivity contribution in [2.24, 2.45) is 5.92 Å². The van der Waals surface area contributed by atoms with Crippen molar-refractivity contribution < 1.29 is 12.4 Å². The van der Waals surface area contributed by atoms with Crippen LogP contribution in [0.4, 0.5) is 5.82 Å². The van der Waals surface area contributed by atoms with Crippen LogP contribution >= 0.6 is 0 Å². The fourth-order valence-electron chi connectivity index (χ4n) is 1.45. The molecule has 3 nitrogen and oxygen atoms in total. The number of anilines is 1. The molecule has 86 valence electrons. The van der Waals surface area contributed by atoms with E-state index in [1.165, 1.54) is 0 Å². The summed E-state index contributed by atoms with van der Waals surface area (Å²) in [7, 11) is 0. The van der Waals surface area contributed by atoms with Gasteiger partial charge in [-0.3, -0.25) is 0 Å². The molecule has 0 aliphatic carbocycles. The Morgan fingerprint density at radius 1 is 1.19 bits per heavy atom. The van der Waals surface area contributed by atoms with E-state index < -0.39 is 0 Å². The van der Waals surface area contributed by atoms with Crippen molar-refractivity contribution in [3.8, 4) is 0 Å². The first-order chi connectivity index (χ1) is 7.27. The van der Waals surface area contributed by atoms with Gasteiger partial charge in [-0.2, -0.15) is 0 Å². The lowest BCUT2D eigenvalue weighted by Crippen LogP contribution is -3.00. The smallest absolute Gasteiger partial charge is 0.137 e. The first-order valence-corrected chi connectivity index (χ1v) is 5.21. The number of hydrogen-bond donors (Lipinski definition) is 1. The Balaban J connectivity index is 0.00000128. The van der Waals surface area contributed by atoms with Crippen molar-refractivity contribution in [3.63, 3.8) is 0 Å². The van der Waals surface area contributed by atoms with Gasteiger partial charge in [0, 0.05) is 11.9 Å². The molecule has 2 rings (SSSR count). The van der Waals surface area contributed by atoms with E-state index in [1.807, 2.05) is 24.3 Å². The molecule has 4 heteroatoms. The van der Waals surface area contributed by atoms with E-state index in [4.69, 9.17) is 0 Å². The van der Waals surface area contributed by atoms with Crippen LogP contribution in [-0.2, 0) is 0 Å². The zero-order valence-corrected chi connectivity index (χ0v) is 10.2. The maximum absolute atomic E-state index is 4.26. The van der Waals surface area contributed by atoms with Crippen LogP contribution in [0.3, 0.4) is 0 Å². The van der Waals surface area contributed by atoms with Crippen molar-refractivity contribution in [1.82, 2.24) is 9.97 Å². The first kappa shape index (κ1) is 12.7. The van der Waals surface area contributed by atoms with Crippen molar-refractivity contribution >= 4 is 16.7 Å². The highest BCUT2D eigenvalue weighted by molar-refractivity contribution is 5.88. The molecule has 1 aromatic heterocycles. The highest BCUT2D eigenvalue weighted by Crippen LogP contribution is 2.18. The summed E-state index contributed by atoms with van der Waals surface area (Å²) < 4.78 is 0. The average Bonchev–Trinajstić information content (AvgIpc) is 2.26. The third-order valence-electron chi connectivity index (χ3n) is 2.22. The predicted octanol–water partition coefficient (Wildman–Crippen LogP) is -0.298. The van der Waals surface area contributed by atoms with E-state index in [9.17, 15) is 0 Å². The summed E-state index contributed by atoms with van der Waals surface area (Å²) in [6.07, 6.45) is 1.60. The number of para-hydroxylation sites is 1. The standard InChI is InChI=1S/C12H15N3.ClH/c1-9(2)7-13-12-10-5-3-4-6-11(10)14-8-15-12;/h3-6,8-9H,7H2,1-2H3,(H,13,14,15);1H/p-1. The summed E-state index contributed by atoms with van der Waals surface area (Å²) in [4.78, 5) is 8.47. The van der Waals surface area contributed by atoms with Crippen LogP contribution in [-0.4, -0.2) is 16.5 Å². The Hall–Kier alpha value is -1.35. The van der Waals surface area contributed by atoms with E-state index in [-0.39, 0.29) is 12.4 Å². The molecule has 0 saturated carbocycles. The van der Waals surface area contributed by atoms with Gasteiger partial charge >= 0.3 is 0 Å². The number of aromatic nitrogens is 2. The van der Waals surface area contributed by atoms with E-state index in [0.29, 0.717) is 5.92 Å². The lowest BCUT2D eigenvalue weighted by molar-refractivity contribution is -0.00000333. The molecule has 16 heavy (non-hydrogen) atoms. The van der Waals surface area contributed by atoms with Crippen LogP contribution in [0.25, 0.3) is 10.9 Å². The summed E-state index contributed by atoms with van der Waals surface area (Å²) >= 11 is 0. The normalized spacial score (nSPS) is 10.2. The van der Waals surface area contributed by atoms with Crippen molar-refractivity contribution in [2.45, 2.75) is 13.8 Å². The van der Waals surface area contributed by atoms with Gasteiger partial charge < -0.3 is 17.7 Å². The summed E-state index contributed by atoms with van der Waals surface area (Å²) in [5.41, 5.74) is 0.985. The summed E-state index contributed by atoms with van der Waals surface area (Å²) in [5.74, 6) is 1.54. The Labute approximate surface area is 102 Å². The molecular formula is C12H15ClN3-. The highest BCUT2D eigenvalue weighted by Gasteiger charge is 2.02. The molecule has 0 atom stereocenters. The monoisotopic (exact) mass is 236 g/mol. The fourth-order valence-corrected chi connectivity index (χ4v) is 1.45.